The first kappa shape index (κ1) is 25.0. The van der Waals surface area contributed by atoms with Crippen LogP contribution in [0.3, 0.4) is 0 Å². The minimum absolute atomic E-state index is 0.0312. The fourth-order valence-corrected chi connectivity index (χ4v) is 4.00. The van der Waals surface area contributed by atoms with Gasteiger partial charge in [-0.2, -0.15) is 0 Å². The number of nitrogens with zero attached hydrogens (tertiary/aromatic N) is 1. The summed E-state index contributed by atoms with van der Waals surface area (Å²) in [5.41, 5.74) is 3.95. The third-order valence-electron chi connectivity index (χ3n) is 5.63. The monoisotopic (exact) mass is 458 g/mol. The van der Waals surface area contributed by atoms with Crippen LogP contribution < -0.4 is 10.1 Å². The molecule has 1 atom stereocenters. The first-order chi connectivity index (χ1) is 16.4. The van der Waals surface area contributed by atoms with Gasteiger partial charge in [-0.1, -0.05) is 72.3 Å². The van der Waals surface area contributed by atoms with Crippen molar-refractivity contribution in [3.05, 3.63) is 101 Å². The van der Waals surface area contributed by atoms with E-state index in [0.29, 0.717) is 13.0 Å². The van der Waals surface area contributed by atoms with E-state index in [1.807, 2.05) is 99.6 Å². The molecule has 0 bridgehead atoms. The van der Waals surface area contributed by atoms with Gasteiger partial charge in [0.05, 0.1) is 13.5 Å². The molecule has 0 saturated carbocycles. The summed E-state index contributed by atoms with van der Waals surface area (Å²) in [6.45, 7) is 6.18. The molecule has 0 spiro atoms. The molecule has 0 aromatic heterocycles. The number of aryl methyl sites for hydroxylation is 1. The van der Waals surface area contributed by atoms with E-state index >= 15 is 0 Å². The van der Waals surface area contributed by atoms with Gasteiger partial charge in [-0.15, -0.1) is 0 Å². The van der Waals surface area contributed by atoms with Crippen molar-refractivity contribution in [1.29, 1.82) is 0 Å². The SMILES string of the molecule is COc1cccc(CN(C(=O)Cc2cccc(C)c2)[C@H](Cc2ccccc2)C(=O)NC(C)C)c1. The zero-order chi connectivity index (χ0) is 24.5. The minimum atomic E-state index is -0.645. The van der Waals surface area contributed by atoms with Crippen LogP contribution in [0.15, 0.2) is 78.9 Å². The van der Waals surface area contributed by atoms with Gasteiger partial charge in [-0.25, -0.2) is 0 Å². The maximum absolute atomic E-state index is 13.7. The second kappa shape index (κ2) is 12.0. The molecule has 0 aliphatic heterocycles. The molecule has 3 aromatic carbocycles. The molecule has 0 saturated heterocycles. The molecule has 1 N–H and O–H groups in total. The Morgan fingerprint density at radius 3 is 2.24 bits per heavy atom. The standard InChI is InChI=1S/C29H34N2O3/c1-21(2)30-29(33)27(18-23-11-6-5-7-12-23)31(20-25-14-9-15-26(17-25)34-4)28(32)19-24-13-8-10-22(3)16-24/h5-17,21,27H,18-20H2,1-4H3,(H,30,33)/t27-/m1/s1. The smallest absolute Gasteiger partial charge is 0.243 e. The number of carbonyl (C=O) groups is 2. The maximum Gasteiger partial charge on any atom is 0.243 e. The second-order valence-corrected chi connectivity index (χ2v) is 8.91. The van der Waals surface area contributed by atoms with Crippen LogP contribution in [-0.2, 0) is 29.0 Å². The molecule has 0 aliphatic rings. The summed E-state index contributed by atoms with van der Waals surface area (Å²) in [5, 5.41) is 3.02. The summed E-state index contributed by atoms with van der Waals surface area (Å²) >= 11 is 0. The Balaban J connectivity index is 1.98. The predicted octanol–water partition coefficient (Wildman–Crippen LogP) is 4.71. The van der Waals surface area contributed by atoms with Crippen LogP contribution in [0.5, 0.6) is 5.75 Å². The van der Waals surface area contributed by atoms with E-state index < -0.39 is 6.04 Å². The van der Waals surface area contributed by atoms with E-state index in [0.717, 1.165) is 28.0 Å². The summed E-state index contributed by atoms with van der Waals surface area (Å²) < 4.78 is 5.38. The van der Waals surface area contributed by atoms with Gasteiger partial charge >= 0.3 is 0 Å². The third-order valence-corrected chi connectivity index (χ3v) is 5.63. The van der Waals surface area contributed by atoms with Gasteiger partial charge in [0.2, 0.25) is 11.8 Å². The first-order valence-electron chi connectivity index (χ1n) is 11.7. The predicted molar refractivity (Wildman–Crippen MR) is 136 cm³/mol. The minimum Gasteiger partial charge on any atom is -0.497 e. The average Bonchev–Trinajstić information content (AvgIpc) is 2.81. The largest absolute Gasteiger partial charge is 0.497 e. The number of amides is 2. The van der Waals surface area contributed by atoms with Crippen molar-refractivity contribution in [2.24, 2.45) is 0 Å². The molecular weight excluding hydrogens is 424 g/mol. The Hall–Kier alpha value is -3.60. The van der Waals surface area contributed by atoms with Crippen LogP contribution in [0.4, 0.5) is 0 Å². The highest BCUT2D eigenvalue weighted by Gasteiger charge is 2.30. The Morgan fingerprint density at radius 2 is 1.56 bits per heavy atom. The number of ether oxygens (including phenoxy) is 1. The van der Waals surface area contributed by atoms with Crippen molar-refractivity contribution in [2.75, 3.05) is 7.11 Å². The van der Waals surface area contributed by atoms with E-state index in [-0.39, 0.29) is 24.3 Å². The average molecular weight is 459 g/mol. The molecule has 2 amide bonds. The fraction of sp³-hybridized carbons (Fsp3) is 0.310. The normalized spacial score (nSPS) is 11.7. The van der Waals surface area contributed by atoms with Crippen molar-refractivity contribution in [1.82, 2.24) is 10.2 Å². The van der Waals surface area contributed by atoms with Crippen molar-refractivity contribution >= 4 is 11.8 Å². The number of hydrogen-bond acceptors (Lipinski definition) is 3. The van der Waals surface area contributed by atoms with Crippen LogP contribution in [0.1, 0.15) is 36.1 Å². The summed E-state index contributed by atoms with van der Waals surface area (Å²) in [4.78, 5) is 28.8. The molecule has 0 fully saturated rings. The topological polar surface area (TPSA) is 58.6 Å². The van der Waals surface area contributed by atoms with Crippen molar-refractivity contribution in [2.45, 2.75) is 52.2 Å². The second-order valence-electron chi connectivity index (χ2n) is 8.91. The number of methoxy groups -OCH3 is 1. The Morgan fingerprint density at radius 1 is 0.882 bits per heavy atom. The molecule has 5 heteroatoms. The fourth-order valence-electron chi connectivity index (χ4n) is 4.00. The van der Waals surface area contributed by atoms with Crippen molar-refractivity contribution in [3.8, 4) is 5.75 Å². The van der Waals surface area contributed by atoms with E-state index in [1.165, 1.54) is 0 Å². The Bertz CT molecular complexity index is 1100. The molecule has 0 heterocycles. The lowest BCUT2D eigenvalue weighted by Gasteiger charge is -2.32. The van der Waals surface area contributed by atoms with Gasteiger partial charge in [-0.3, -0.25) is 9.59 Å². The molecule has 178 valence electrons. The lowest BCUT2D eigenvalue weighted by Crippen LogP contribution is -2.52. The molecule has 5 nitrogen and oxygen atoms in total. The Kier molecular flexibility index (Phi) is 8.86. The van der Waals surface area contributed by atoms with E-state index in [2.05, 4.69) is 5.32 Å². The van der Waals surface area contributed by atoms with Gasteiger partial charge in [0.15, 0.2) is 0 Å². The highest BCUT2D eigenvalue weighted by molar-refractivity contribution is 5.89. The van der Waals surface area contributed by atoms with Crippen LogP contribution >= 0.6 is 0 Å². The number of nitrogens with one attached hydrogen (secondary N) is 1. The Labute approximate surface area is 202 Å². The summed E-state index contributed by atoms with van der Waals surface area (Å²) in [5.74, 6) is 0.474. The highest BCUT2D eigenvalue weighted by Crippen LogP contribution is 2.20. The van der Waals surface area contributed by atoms with Crippen molar-refractivity contribution in [3.63, 3.8) is 0 Å². The molecule has 0 aliphatic carbocycles. The van der Waals surface area contributed by atoms with E-state index in [4.69, 9.17) is 4.74 Å². The van der Waals surface area contributed by atoms with E-state index in [9.17, 15) is 9.59 Å². The van der Waals surface area contributed by atoms with Crippen LogP contribution in [0.25, 0.3) is 0 Å². The zero-order valence-electron chi connectivity index (χ0n) is 20.5. The summed E-state index contributed by atoms with van der Waals surface area (Å²) in [6, 6.07) is 24.7. The number of benzene rings is 3. The first-order valence-corrected chi connectivity index (χ1v) is 11.7. The maximum atomic E-state index is 13.7. The lowest BCUT2D eigenvalue weighted by molar-refractivity contribution is -0.141. The highest BCUT2D eigenvalue weighted by atomic mass is 16.5. The molecular formula is C29H34N2O3. The quantitative estimate of drug-likeness (QED) is 0.479. The van der Waals surface area contributed by atoms with Crippen LogP contribution in [0, 0.1) is 6.92 Å². The van der Waals surface area contributed by atoms with Crippen molar-refractivity contribution < 1.29 is 14.3 Å². The van der Waals surface area contributed by atoms with Gasteiger partial charge < -0.3 is 15.0 Å². The molecule has 0 unspecified atom stereocenters. The van der Waals surface area contributed by atoms with Gasteiger partial charge in [-0.05, 0) is 49.6 Å². The lowest BCUT2D eigenvalue weighted by atomic mass is 10.0. The third kappa shape index (κ3) is 7.20. The van der Waals surface area contributed by atoms with Crippen LogP contribution in [0.2, 0.25) is 0 Å². The van der Waals surface area contributed by atoms with Gasteiger partial charge in [0.1, 0.15) is 11.8 Å². The number of rotatable bonds is 10. The summed E-state index contributed by atoms with van der Waals surface area (Å²) in [6.07, 6.45) is 0.662. The van der Waals surface area contributed by atoms with E-state index in [1.54, 1.807) is 12.0 Å². The zero-order valence-corrected chi connectivity index (χ0v) is 20.5. The molecule has 0 radical (unpaired) electrons. The van der Waals surface area contributed by atoms with Gasteiger partial charge in [0.25, 0.3) is 0 Å². The number of hydrogen-bond donors (Lipinski definition) is 1. The number of carbonyl (C=O) groups excluding carboxylic acids is 2. The molecule has 3 aromatic rings. The van der Waals surface area contributed by atoms with Gasteiger partial charge in [0, 0.05) is 19.0 Å². The van der Waals surface area contributed by atoms with Crippen LogP contribution in [-0.4, -0.2) is 35.9 Å². The summed E-state index contributed by atoms with van der Waals surface area (Å²) in [7, 11) is 1.62. The molecule has 34 heavy (non-hydrogen) atoms. The molecule has 3 rings (SSSR count).